The van der Waals surface area contributed by atoms with Gasteiger partial charge in [0.25, 0.3) is 23.1 Å². The molecule has 1 N–H and O–H groups in total. The second kappa shape index (κ2) is 40.6. The Bertz CT molecular complexity index is 4300. The van der Waals surface area contributed by atoms with Crippen molar-refractivity contribution in [1.29, 1.82) is 0 Å². The summed E-state index contributed by atoms with van der Waals surface area (Å²) in [5, 5.41) is 9.31. The lowest BCUT2D eigenvalue weighted by Gasteiger charge is -2.38. The molecule has 135 heavy (non-hydrogen) atoms. The molecule has 14 rings (SSSR count). The Labute approximate surface area is 823 Å². The standard InChI is InChI=1S/C23H28O2.C16H28O2.C15H26O2.C14H24O2.C13H24O3.C13H22O2.C12H22O2.C10H19BO3/c1-21(2,3)19-20(22(4,5)6)25-23(24-19,17-13-9-7-10-14-17)18-15-11-8-12-16-18;1-14(2,3)12-13(15(4,5)6)18-16(17-12)10-8-7-9-11-16;1-13(2,3)11-12(14(4,5)6)17-15(16-11)9-7-8-10-15;1-12(2,3)10-11(13(4,5)6)16-14(15-10)8-7-9-14;1-8-14-11-15-9(12(2,3)4)10(16-11)13(5,6)7;1-11(2,3)9-10(12(4,5)6)15-13(14-9)7-8-13;1-11(2,3)9-10(12(4,5)6)14-8-7-13-9;1-9(2,3)7-8(10(4,5)6)14-11(12)13-7/h7-16H,1-6H3;7-11H2,1-6H3;7-10H2,1-6H3;7-9H2,1-6H3;11H,8H2,1-7H3;7-8H2,1-6H3;7-8H2,1-6H3;12H,1-6H3. The van der Waals surface area contributed by atoms with E-state index < -0.39 is 19.6 Å². The molecule has 4 spiro atoms. The first-order valence-electron chi connectivity index (χ1n) is 51.0. The van der Waals surface area contributed by atoms with E-state index in [-0.39, 0.29) is 110 Å². The summed E-state index contributed by atoms with van der Waals surface area (Å²) in [6, 6.07) is 20.4. The highest BCUT2D eigenvalue weighted by Crippen LogP contribution is 2.60. The van der Waals surface area contributed by atoms with Crippen molar-refractivity contribution in [3.05, 3.63) is 164 Å². The molecule has 4 saturated carbocycles. The number of allylic oxidation sites excluding steroid dienone is 16. The lowest BCUT2D eigenvalue weighted by molar-refractivity contribution is -0.231. The molecule has 0 amide bonds. The first-order chi connectivity index (χ1) is 60.7. The molecule has 8 heterocycles. The topological polar surface area (TPSA) is 177 Å². The maximum absolute atomic E-state index is 9.31. The van der Waals surface area contributed by atoms with Crippen molar-refractivity contribution in [2.24, 2.45) is 86.6 Å². The molecule has 0 atom stereocenters. The van der Waals surface area contributed by atoms with Gasteiger partial charge in [0.05, 0.1) is 6.61 Å². The molecule has 2 aromatic carbocycles. The van der Waals surface area contributed by atoms with Gasteiger partial charge in [0.1, 0.15) is 105 Å². The molecular formula is C116H193BO18. The highest BCUT2D eigenvalue weighted by atomic mass is 16.9. The summed E-state index contributed by atoms with van der Waals surface area (Å²) < 4.78 is 102. The van der Waals surface area contributed by atoms with Crippen LogP contribution in [-0.4, -0.2) is 61.8 Å². The SMILES string of the molecule is CC(C)(C)C1=C(C(C)(C)C)OB(O)O1.CC(C)(C)C1=C(C(C)(C)C)OC(c2ccccc2)(c2ccccc2)O1.CC(C)(C)C1=C(C(C)(C)C)OC2(CC2)O1.CC(C)(C)C1=C(C(C)(C)C)OC2(CCC2)O1.CC(C)(C)C1=C(C(C)(C)C)OC2(CCCC2)O1.CC(C)(C)C1=C(C(C)(C)C)OC2(CCCCC2)O1.CC(C)(C)C1=C(C(C)(C)C)OCCO1.CCOC1OC(C(C)(C)C)=C(C(C)(C)C)O1. The molecule has 0 bridgehead atoms. The summed E-state index contributed by atoms with van der Waals surface area (Å²) >= 11 is 0. The molecule has 768 valence electrons. The number of rotatable bonds is 4. The van der Waals surface area contributed by atoms with Crippen LogP contribution >= 0.6 is 0 Å². The monoisotopic (exact) mass is 1890 g/mol. The molecule has 8 aliphatic heterocycles. The van der Waals surface area contributed by atoms with E-state index in [9.17, 15) is 5.02 Å². The first kappa shape index (κ1) is 115. The second-order valence-corrected chi connectivity index (χ2v) is 55.6. The fraction of sp³-hybridized carbons (Fsp3) is 0.759. The van der Waals surface area contributed by atoms with E-state index in [1.54, 1.807) is 0 Å². The molecule has 4 fully saturated rings. The fourth-order valence-electron chi connectivity index (χ4n) is 16.8. The summed E-state index contributed by atoms with van der Waals surface area (Å²) in [5.74, 6) is 13.4. The first-order valence-corrected chi connectivity index (χ1v) is 51.0. The van der Waals surface area contributed by atoms with Gasteiger partial charge >= 0.3 is 19.6 Å². The fourth-order valence-corrected chi connectivity index (χ4v) is 16.8. The van der Waals surface area contributed by atoms with Crippen LogP contribution in [-0.2, 0) is 86.1 Å². The van der Waals surface area contributed by atoms with Gasteiger partial charge in [-0.3, -0.25) is 0 Å². The minimum atomic E-state index is -1.14. The van der Waals surface area contributed by atoms with Gasteiger partial charge in [0.2, 0.25) is 0 Å². The number of ether oxygens (including phenoxy) is 15. The molecule has 0 aromatic heterocycles. The van der Waals surface area contributed by atoms with Crippen LogP contribution in [0.15, 0.2) is 153 Å². The van der Waals surface area contributed by atoms with Crippen molar-refractivity contribution in [1.82, 2.24) is 0 Å². The average Bonchev–Trinajstić information content (AvgIpc) is 1.59. The Morgan fingerprint density at radius 2 is 0.437 bits per heavy atom. The van der Waals surface area contributed by atoms with Gasteiger partial charge in [-0.1, -0.05) is 399 Å². The van der Waals surface area contributed by atoms with Crippen LogP contribution in [0, 0.1) is 86.6 Å². The van der Waals surface area contributed by atoms with Crippen molar-refractivity contribution in [3.63, 3.8) is 0 Å². The zero-order valence-electron chi connectivity index (χ0n) is 94.8. The maximum Gasteiger partial charge on any atom is 0.785 e. The van der Waals surface area contributed by atoms with E-state index in [1.807, 2.05) is 84.9 Å². The summed E-state index contributed by atoms with van der Waals surface area (Å²) in [6.07, 6.45) is 15.7. The summed E-state index contributed by atoms with van der Waals surface area (Å²) in [4.78, 5) is 0. The van der Waals surface area contributed by atoms with Crippen molar-refractivity contribution in [3.8, 4) is 0 Å². The predicted molar refractivity (Wildman–Crippen MR) is 547 cm³/mol. The van der Waals surface area contributed by atoms with Crippen LogP contribution in [0.3, 0.4) is 0 Å². The molecule has 12 aliphatic rings. The Hall–Kier alpha value is -6.86. The van der Waals surface area contributed by atoms with Crippen molar-refractivity contribution in [2.45, 2.75) is 465 Å². The lowest BCUT2D eigenvalue weighted by atomic mass is 9.84. The largest absolute Gasteiger partial charge is 0.785 e. The van der Waals surface area contributed by atoms with Gasteiger partial charge in [-0.05, 0) is 39.0 Å². The highest BCUT2D eigenvalue weighted by Gasteiger charge is 2.59. The minimum Gasteiger partial charge on any atom is -0.501 e. The predicted octanol–water partition coefficient (Wildman–Crippen LogP) is 33.2. The molecular weight excluding hydrogens is 1690 g/mol. The van der Waals surface area contributed by atoms with Crippen LogP contribution in [0.2, 0.25) is 0 Å². The van der Waals surface area contributed by atoms with Gasteiger partial charge in [0.15, 0.2) is 0 Å². The van der Waals surface area contributed by atoms with Crippen molar-refractivity contribution < 1.29 is 85.4 Å². The molecule has 0 saturated heterocycles. The van der Waals surface area contributed by atoms with Crippen LogP contribution in [0.4, 0.5) is 0 Å². The van der Waals surface area contributed by atoms with Gasteiger partial charge in [0, 0.05) is 149 Å². The average molecular weight is 1890 g/mol. The zero-order valence-corrected chi connectivity index (χ0v) is 94.8. The lowest BCUT2D eigenvalue weighted by Crippen LogP contribution is -2.39. The zero-order chi connectivity index (χ0) is 103. The molecule has 0 radical (unpaired) electrons. The Kier molecular flexibility index (Phi) is 34.6. The molecule has 2 aromatic rings. The van der Waals surface area contributed by atoms with Crippen LogP contribution in [0.25, 0.3) is 0 Å². The normalized spacial score (nSPS) is 21.1. The van der Waals surface area contributed by atoms with E-state index >= 15 is 0 Å². The maximum atomic E-state index is 9.31. The highest BCUT2D eigenvalue weighted by molar-refractivity contribution is 6.36. The van der Waals surface area contributed by atoms with Crippen LogP contribution < -0.4 is 0 Å². The molecule has 0 unspecified atom stereocenters. The van der Waals surface area contributed by atoms with Gasteiger partial charge in [-0.25, -0.2) is 0 Å². The van der Waals surface area contributed by atoms with Crippen molar-refractivity contribution in [2.75, 3.05) is 19.8 Å². The quantitative estimate of drug-likeness (QED) is 0.286. The van der Waals surface area contributed by atoms with Crippen LogP contribution in [0.1, 0.15) is 440 Å². The second-order valence-electron chi connectivity index (χ2n) is 55.6. The minimum absolute atomic E-state index is 0.0174. The van der Waals surface area contributed by atoms with Gasteiger partial charge in [-0.15, -0.1) is 0 Å². The third-order valence-corrected chi connectivity index (χ3v) is 24.2. The molecule has 4 aliphatic carbocycles. The third-order valence-electron chi connectivity index (χ3n) is 24.2. The number of hydrogen-bond donors (Lipinski definition) is 1. The van der Waals surface area contributed by atoms with Gasteiger partial charge in [-0.2, -0.15) is 0 Å². The smallest absolute Gasteiger partial charge is 0.501 e. The number of benzene rings is 2. The van der Waals surface area contributed by atoms with E-state index in [2.05, 4.69) is 315 Å². The third kappa shape index (κ3) is 30.1. The summed E-state index contributed by atoms with van der Waals surface area (Å²) in [5.41, 5.74) is 1.59. The van der Waals surface area contributed by atoms with E-state index in [1.165, 1.54) is 38.5 Å². The molecule has 18 nitrogen and oxygen atoms in total. The van der Waals surface area contributed by atoms with Crippen LogP contribution in [0.5, 0.6) is 0 Å². The van der Waals surface area contributed by atoms with Crippen molar-refractivity contribution >= 4 is 7.32 Å². The Morgan fingerprint density at radius 3 is 0.622 bits per heavy atom. The van der Waals surface area contributed by atoms with Gasteiger partial charge < -0.3 is 85.4 Å². The Morgan fingerprint density at radius 1 is 0.244 bits per heavy atom. The molecule has 19 heteroatoms. The summed E-state index contributed by atoms with van der Waals surface area (Å²) in [6.45, 7) is 107. The van der Waals surface area contributed by atoms with E-state index in [4.69, 9.17) is 80.4 Å². The summed E-state index contributed by atoms with van der Waals surface area (Å²) in [7, 11) is -1.14. The van der Waals surface area contributed by atoms with E-state index in [0.717, 1.165) is 155 Å². The number of hydrogen-bond acceptors (Lipinski definition) is 18. The van der Waals surface area contributed by atoms with E-state index in [0.29, 0.717) is 19.8 Å². The Balaban J connectivity index is 0.000000212.